The van der Waals surface area contributed by atoms with Crippen LogP contribution in [0.4, 0.5) is 11.5 Å². The minimum atomic E-state index is -0.273. The molecule has 0 unspecified atom stereocenters. The van der Waals surface area contributed by atoms with Crippen molar-refractivity contribution in [2.45, 2.75) is 0 Å². The van der Waals surface area contributed by atoms with Crippen molar-refractivity contribution in [3.8, 4) is 0 Å². The van der Waals surface area contributed by atoms with Crippen molar-refractivity contribution in [1.82, 2.24) is 4.98 Å². The highest BCUT2D eigenvalue weighted by Crippen LogP contribution is 2.21. The fraction of sp³-hybridized carbons (Fsp3) is 0. The second kappa shape index (κ2) is 5.37. The number of halogens is 2. The highest BCUT2D eigenvalue weighted by atomic mass is 79.9. The topological polar surface area (TPSA) is 68.0 Å². The van der Waals surface area contributed by atoms with Gasteiger partial charge in [0.1, 0.15) is 11.0 Å². The van der Waals surface area contributed by atoms with Gasteiger partial charge in [-0.3, -0.25) is 4.79 Å². The number of rotatable bonds is 2. The van der Waals surface area contributed by atoms with Gasteiger partial charge in [0.2, 0.25) is 0 Å². The number of hydrogen-bond acceptors (Lipinski definition) is 3. The molecule has 1 aromatic carbocycles. The van der Waals surface area contributed by atoms with Gasteiger partial charge < -0.3 is 11.1 Å². The van der Waals surface area contributed by atoms with Gasteiger partial charge in [-0.15, -0.1) is 0 Å². The fourth-order valence-corrected chi connectivity index (χ4v) is 1.88. The predicted molar refractivity (Wildman–Crippen MR) is 75.8 cm³/mol. The van der Waals surface area contributed by atoms with Gasteiger partial charge in [-0.05, 0) is 46.3 Å². The summed E-state index contributed by atoms with van der Waals surface area (Å²) in [5.41, 5.74) is 6.71. The summed E-state index contributed by atoms with van der Waals surface area (Å²) < 4.78 is 0.675. The van der Waals surface area contributed by atoms with E-state index in [0.29, 0.717) is 26.7 Å². The number of benzene rings is 1. The molecular weight excluding hydrogens is 318 g/mol. The monoisotopic (exact) mass is 325 g/mol. The molecule has 0 aliphatic heterocycles. The predicted octanol–water partition coefficient (Wildman–Crippen LogP) is 3.33. The fourth-order valence-electron chi connectivity index (χ4n) is 1.33. The van der Waals surface area contributed by atoms with Crippen molar-refractivity contribution in [2.75, 3.05) is 11.1 Å². The molecule has 0 saturated carbocycles. The lowest BCUT2D eigenvalue weighted by Crippen LogP contribution is -2.13. The summed E-state index contributed by atoms with van der Waals surface area (Å²) in [4.78, 5) is 15.9. The zero-order valence-corrected chi connectivity index (χ0v) is 11.5. The maximum Gasteiger partial charge on any atom is 0.256 e. The first-order chi connectivity index (χ1) is 8.56. The lowest BCUT2D eigenvalue weighted by molar-refractivity contribution is 0.102. The Kier molecular flexibility index (Phi) is 3.84. The molecule has 1 aromatic heterocycles. The average molecular weight is 327 g/mol. The van der Waals surface area contributed by atoms with Gasteiger partial charge in [0.25, 0.3) is 5.91 Å². The van der Waals surface area contributed by atoms with Crippen molar-refractivity contribution in [3.05, 3.63) is 51.6 Å². The molecule has 2 rings (SSSR count). The van der Waals surface area contributed by atoms with Crippen LogP contribution in [0.3, 0.4) is 0 Å². The van der Waals surface area contributed by atoms with E-state index in [1.807, 2.05) is 0 Å². The minimum absolute atomic E-state index is 0.273. The van der Waals surface area contributed by atoms with E-state index in [9.17, 15) is 4.79 Å². The molecule has 0 aliphatic rings. The summed E-state index contributed by atoms with van der Waals surface area (Å²) in [6.07, 6.45) is 0. The summed E-state index contributed by atoms with van der Waals surface area (Å²) in [7, 11) is 0. The van der Waals surface area contributed by atoms with E-state index < -0.39 is 0 Å². The molecule has 0 bridgehead atoms. The molecule has 4 nitrogen and oxygen atoms in total. The van der Waals surface area contributed by atoms with E-state index >= 15 is 0 Å². The van der Waals surface area contributed by atoms with Crippen LogP contribution in [-0.2, 0) is 0 Å². The molecule has 0 radical (unpaired) electrons. The van der Waals surface area contributed by atoms with Gasteiger partial charge in [-0.25, -0.2) is 4.98 Å². The summed E-state index contributed by atoms with van der Waals surface area (Å²) >= 11 is 9.00. The smallest absolute Gasteiger partial charge is 0.256 e. The van der Waals surface area contributed by atoms with Crippen LogP contribution in [0.2, 0.25) is 5.15 Å². The van der Waals surface area contributed by atoms with Crippen molar-refractivity contribution in [2.24, 2.45) is 0 Å². The second-order valence-electron chi connectivity index (χ2n) is 3.54. The normalized spacial score (nSPS) is 10.1. The number of carbonyl (C=O) groups is 1. The largest absolute Gasteiger partial charge is 0.398 e. The Morgan fingerprint density at radius 2 is 2.11 bits per heavy atom. The zero-order chi connectivity index (χ0) is 13.1. The zero-order valence-electron chi connectivity index (χ0n) is 9.15. The van der Waals surface area contributed by atoms with Crippen LogP contribution in [0, 0.1) is 0 Å². The van der Waals surface area contributed by atoms with Gasteiger partial charge in [0, 0.05) is 15.7 Å². The third kappa shape index (κ3) is 3.00. The van der Waals surface area contributed by atoms with Crippen molar-refractivity contribution in [3.63, 3.8) is 0 Å². The Labute approximate surface area is 117 Å². The van der Waals surface area contributed by atoms with Crippen molar-refractivity contribution < 1.29 is 4.79 Å². The van der Waals surface area contributed by atoms with Gasteiger partial charge in [0.15, 0.2) is 0 Å². The molecule has 0 aliphatic carbocycles. The number of nitrogens with zero attached hydrogens (tertiary/aromatic N) is 1. The summed E-state index contributed by atoms with van der Waals surface area (Å²) in [6.45, 7) is 0. The first-order valence-electron chi connectivity index (χ1n) is 5.05. The van der Waals surface area contributed by atoms with Gasteiger partial charge in [-0.1, -0.05) is 17.7 Å². The maximum absolute atomic E-state index is 11.9. The van der Waals surface area contributed by atoms with Gasteiger partial charge in [0.05, 0.1) is 0 Å². The standard InChI is InChI=1S/C12H9BrClN3O/c13-8-6-7(4-5-9(8)15)12(18)17-11-3-1-2-10(14)16-11/h1-6H,15H2,(H,16,17,18). The number of nitrogens with one attached hydrogen (secondary N) is 1. The molecule has 0 saturated heterocycles. The van der Waals surface area contributed by atoms with E-state index in [2.05, 4.69) is 26.2 Å². The minimum Gasteiger partial charge on any atom is -0.398 e. The maximum atomic E-state index is 11.9. The third-order valence-corrected chi connectivity index (χ3v) is 3.12. The Bertz CT molecular complexity index is 604. The van der Waals surface area contributed by atoms with E-state index in [0.717, 1.165) is 0 Å². The van der Waals surface area contributed by atoms with E-state index in [-0.39, 0.29) is 5.91 Å². The van der Waals surface area contributed by atoms with Crippen molar-refractivity contribution in [1.29, 1.82) is 0 Å². The number of pyridine rings is 1. The number of hydrogen-bond donors (Lipinski definition) is 2. The van der Waals surface area contributed by atoms with Crippen LogP contribution in [0.1, 0.15) is 10.4 Å². The van der Waals surface area contributed by atoms with Crippen molar-refractivity contribution >= 4 is 44.9 Å². The van der Waals surface area contributed by atoms with Crippen LogP contribution in [0.25, 0.3) is 0 Å². The number of nitrogen functional groups attached to an aromatic ring is 1. The quantitative estimate of drug-likeness (QED) is 0.657. The number of aromatic nitrogens is 1. The SMILES string of the molecule is Nc1ccc(C(=O)Nc2cccc(Cl)n2)cc1Br. The van der Waals surface area contributed by atoms with Gasteiger partial charge >= 0.3 is 0 Å². The number of carbonyl (C=O) groups excluding carboxylic acids is 1. The lowest BCUT2D eigenvalue weighted by Gasteiger charge is -2.06. The highest BCUT2D eigenvalue weighted by Gasteiger charge is 2.08. The summed E-state index contributed by atoms with van der Waals surface area (Å²) in [6, 6.07) is 9.95. The molecule has 0 atom stereocenters. The molecule has 6 heteroatoms. The van der Waals surface area contributed by atoms with Crippen LogP contribution in [0.15, 0.2) is 40.9 Å². The second-order valence-corrected chi connectivity index (χ2v) is 4.78. The van der Waals surface area contributed by atoms with E-state index in [1.54, 1.807) is 36.4 Å². The number of amides is 1. The molecule has 3 N–H and O–H groups in total. The van der Waals surface area contributed by atoms with Crippen LogP contribution in [-0.4, -0.2) is 10.9 Å². The third-order valence-electron chi connectivity index (χ3n) is 2.22. The lowest BCUT2D eigenvalue weighted by atomic mass is 10.2. The van der Waals surface area contributed by atoms with Gasteiger partial charge in [-0.2, -0.15) is 0 Å². The average Bonchev–Trinajstić information content (AvgIpc) is 2.32. The molecule has 0 fully saturated rings. The Morgan fingerprint density at radius 1 is 1.33 bits per heavy atom. The Morgan fingerprint density at radius 3 is 2.78 bits per heavy atom. The number of anilines is 2. The molecule has 92 valence electrons. The molecule has 2 aromatic rings. The Hall–Kier alpha value is -1.59. The first kappa shape index (κ1) is 12.9. The van der Waals surface area contributed by atoms with E-state index in [1.165, 1.54) is 0 Å². The first-order valence-corrected chi connectivity index (χ1v) is 6.22. The molecular formula is C12H9BrClN3O. The molecule has 18 heavy (non-hydrogen) atoms. The summed E-state index contributed by atoms with van der Waals surface area (Å²) in [5.74, 6) is 0.130. The number of nitrogens with two attached hydrogens (primary N) is 1. The molecule has 1 amide bonds. The van der Waals surface area contributed by atoms with E-state index in [4.69, 9.17) is 17.3 Å². The Balaban J connectivity index is 2.19. The van der Waals surface area contributed by atoms with Crippen LogP contribution in [0.5, 0.6) is 0 Å². The summed E-state index contributed by atoms with van der Waals surface area (Å²) in [5, 5.41) is 2.97. The molecule has 1 heterocycles. The van der Waals surface area contributed by atoms with Crippen LogP contribution < -0.4 is 11.1 Å². The van der Waals surface area contributed by atoms with Crippen LogP contribution >= 0.6 is 27.5 Å². The molecule has 0 spiro atoms. The highest BCUT2D eigenvalue weighted by molar-refractivity contribution is 9.10.